The van der Waals surface area contributed by atoms with Gasteiger partial charge in [-0.05, 0) is 24.6 Å². The number of benzene rings is 2. The molecule has 1 amide bonds. The maximum Gasteiger partial charge on any atom is 0.227 e. The molecule has 0 saturated carbocycles. The Hall–Kier alpha value is -3.08. The molecule has 1 aromatic heterocycles. The lowest BCUT2D eigenvalue weighted by Crippen LogP contribution is -2.27. The van der Waals surface area contributed by atoms with Crippen LogP contribution in [0.5, 0.6) is 5.75 Å². The van der Waals surface area contributed by atoms with Gasteiger partial charge in [0, 0.05) is 11.1 Å². The largest absolute Gasteiger partial charge is 0.497 e. The van der Waals surface area contributed by atoms with Gasteiger partial charge >= 0.3 is 0 Å². The van der Waals surface area contributed by atoms with E-state index >= 15 is 0 Å². The number of methoxy groups -OCH3 is 1. The highest BCUT2D eigenvalue weighted by atomic mass is 16.5. The number of hydrogen-bond acceptors (Lipinski definition) is 3. The average Bonchev–Trinajstić information content (AvgIpc) is 3.24. The highest BCUT2D eigenvalue weighted by molar-refractivity contribution is 5.80. The second-order valence-corrected chi connectivity index (χ2v) is 6.67. The van der Waals surface area contributed by atoms with Crippen molar-refractivity contribution in [1.82, 2.24) is 15.1 Å². The zero-order valence-corrected chi connectivity index (χ0v) is 15.0. The number of rotatable bonds is 4. The van der Waals surface area contributed by atoms with Crippen LogP contribution in [0, 0.1) is 6.92 Å². The van der Waals surface area contributed by atoms with Crippen LogP contribution in [0.4, 0.5) is 0 Å². The molecule has 0 fully saturated rings. The predicted molar refractivity (Wildman–Crippen MR) is 99.7 cm³/mol. The molecule has 1 aliphatic heterocycles. The molecular weight excluding hydrogens is 326 g/mol. The van der Waals surface area contributed by atoms with Crippen LogP contribution in [-0.4, -0.2) is 28.1 Å². The number of aromatic amines is 1. The first kappa shape index (κ1) is 16.4. The number of H-pyrrole nitrogens is 1. The molecule has 0 atom stereocenters. The van der Waals surface area contributed by atoms with Crippen molar-refractivity contribution in [1.29, 1.82) is 0 Å². The molecule has 26 heavy (non-hydrogen) atoms. The summed E-state index contributed by atoms with van der Waals surface area (Å²) in [6.07, 6.45) is 0.390. The van der Waals surface area contributed by atoms with Crippen LogP contribution in [0.1, 0.15) is 22.4 Å². The highest BCUT2D eigenvalue weighted by Crippen LogP contribution is 2.31. The summed E-state index contributed by atoms with van der Waals surface area (Å²) in [7, 11) is 1.64. The average molecular weight is 347 g/mol. The molecule has 5 heteroatoms. The number of nitrogens with zero attached hydrogens (tertiary/aromatic N) is 2. The van der Waals surface area contributed by atoms with Crippen LogP contribution in [0.25, 0.3) is 11.3 Å². The van der Waals surface area contributed by atoms with E-state index < -0.39 is 0 Å². The summed E-state index contributed by atoms with van der Waals surface area (Å²) in [5, 5.41) is 7.56. The maximum absolute atomic E-state index is 12.7. The standard InChI is InChI=1S/C21H21N3O2/c1-14-3-7-16(8-4-14)21-18-12-24(13-19(18)22-23-21)20(25)11-15-5-9-17(26-2)10-6-15/h3-10H,11-13H2,1-2H3,(H,22,23). The Labute approximate surface area is 152 Å². The summed E-state index contributed by atoms with van der Waals surface area (Å²) in [6.45, 7) is 3.26. The van der Waals surface area contributed by atoms with E-state index in [1.54, 1.807) is 7.11 Å². The summed E-state index contributed by atoms with van der Waals surface area (Å²) in [5.41, 5.74) is 6.39. The maximum atomic E-state index is 12.7. The van der Waals surface area contributed by atoms with Gasteiger partial charge in [-0.15, -0.1) is 0 Å². The Kier molecular flexibility index (Phi) is 4.21. The van der Waals surface area contributed by atoms with E-state index in [1.165, 1.54) is 5.56 Å². The fraction of sp³-hybridized carbons (Fsp3) is 0.238. The van der Waals surface area contributed by atoms with Crippen molar-refractivity contribution in [2.45, 2.75) is 26.4 Å². The van der Waals surface area contributed by atoms with Crippen molar-refractivity contribution in [3.63, 3.8) is 0 Å². The summed E-state index contributed by atoms with van der Waals surface area (Å²) in [6, 6.07) is 16.0. The Balaban J connectivity index is 1.48. The molecule has 2 aromatic carbocycles. The third kappa shape index (κ3) is 3.08. The molecule has 0 aliphatic carbocycles. The molecule has 0 radical (unpaired) electrons. The molecule has 1 N–H and O–H groups in total. The van der Waals surface area contributed by atoms with Gasteiger partial charge in [-0.2, -0.15) is 5.10 Å². The Morgan fingerprint density at radius 2 is 1.85 bits per heavy atom. The number of carbonyl (C=O) groups is 1. The van der Waals surface area contributed by atoms with E-state index in [2.05, 4.69) is 41.4 Å². The van der Waals surface area contributed by atoms with Crippen molar-refractivity contribution in [2.24, 2.45) is 0 Å². The number of fused-ring (bicyclic) bond motifs is 1. The molecular formula is C21H21N3O2. The van der Waals surface area contributed by atoms with Crippen LogP contribution in [0.15, 0.2) is 48.5 Å². The first-order chi connectivity index (χ1) is 12.6. The summed E-state index contributed by atoms with van der Waals surface area (Å²) in [4.78, 5) is 14.6. The van der Waals surface area contributed by atoms with Crippen LogP contribution in [-0.2, 0) is 24.3 Å². The zero-order valence-electron chi connectivity index (χ0n) is 15.0. The third-order valence-corrected chi connectivity index (χ3v) is 4.84. The number of amides is 1. The first-order valence-corrected chi connectivity index (χ1v) is 8.68. The van der Waals surface area contributed by atoms with Crippen molar-refractivity contribution >= 4 is 5.91 Å². The van der Waals surface area contributed by atoms with Gasteiger partial charge in [-0.25, -0.2) is 0 Å². The minimum atomic E-state index is 0.120. The minimum absolute atomic E-state index is 0.120. The van der Waals surface area contributed by atoms with Gasteiger partial charge in [0.05, 0.1) is 38.0 Å². The van der Waals surface area contributed by atoms with Gasteiger partial charge in [-0.1, -0.05) is 42.0 Å². The number of ether oxygens (including phenoxy) is 1. The second-order valence-electron chi connectivity index (χ2n) is 6.67. The van der Waals surface area contributed by atoms with Gasteiger partial charge < -0.3 is 9.64 Å². The number of nitrogens with one attached hydrogen (secondary N) is 1. The van der Waals surface area contributed by atoms with Gasteiger partial charge in [0.1, 0.15) is 5.75 Å². The van der Waals surface area contributed by atoms with E-state index in [1.807, 2.05) is 29.2 Å². The zero-order chi connectivity index (χ0) is 18.1. The SMILES string of the molecule is COc1ccc(CC(=O)N2Cc3[nH]nc(-c4ccc(C)cc4)c3C2)cc1. The van der Waals surface area contributed by atoms with Crippen molar-refractivity contribution in [3.05, 3.63) is 70.9 Å². The van der Waals surface area contributed by atoms with Crippen molar-refractivity contribution in [3.8, 4) is 17.0 Å². The molecule has 132 valence electrons. The van der Waals surface area contributed by atoms with Crippen molar-refractivity contribution in [2.75, 3.05) is 7.11 Å². The fourth-order valence-corrected chi connectivity index (χ4v) is 3.30. The third-order valence-electron chi connectivity index (χ3n) is 4.84. The van der Waals surface area contributed by atoms with Gasteiger partial charge in [-0.3, -0.25) is 9.89 Å². The number of carbonyl (C=O) groups excluding carboxylic acids is 1. The summed E-state index contributed by atoms with van der Waals surface area (Å²) >= 11 is 0. The first-order valence-electron chi connectivity index (χ1n) is 8.68. The van der Waals surface area contributed by atoms with Gasteiger partial charge in [0.15, 0.2) is 0 Å². The number of hydrogen-bond donors (Lipinski definition) is 1. The second kappa shape index (κ2) is 6.67. The lowest BCUT2D eigenvalue weighted by molar-refractivity contribution is -0.131. The highest BCUT2D eigenvalue weighted by Gasteiger charge is 2.28. The number of aryl methyl sites for hydroxylation is 1. The van der Waals surface area contributed by atoms with E-state index in [4.69, 9.17) is 4.74 Å². The lowest BCUT2D eigenvalue weighted by Gasteiger charge is -2.16. The molecule has 0 spiro atoms. The Bertz CT molecular complexity index is 927. The van der Waals surface area contributed by atoms with E-state index in [0.29, 0.717) is 19.5 Å². The van der Waals surface area contributed by atoms with Crippen LogP contribution in [0.3, 0.4) is 0 Å². The van der Waals surface area contributed by atoms with Gasteiger partial charge in [0.25, 0.3) is 0 Å². The lowest BCUT2D eigenvalue weighted by atomic mass is 10.1. The minimum Gasteiger partial charge on any atom is -0.497 e. The normalized spacial score (nSPS) is 12.9. The summed E-state index contributed by atoms with van der Waals surface area (Å²) < 4.78 is 5.16. The van der Waals surface area contributed by atoms with Gasteiger partial charge in [0.2, 0.25) is 5.91 Å². The fourth-order valence-electron chi connectivity index (χ4n) is 3.30. The Morgan fingerprint density at radius 3 is 2.54 bits per heavy atom. The van der Waals surface area contributed by atoms with E-state index in [0.717, 1.165) is 33.8 Å². The molecule has 0 saturated heterocycles. The topological polar surface area (TPSA) is 58.2 Å². The number of aromatic nitrogens is 2. The molecule has 5 nitrogen and oxygen atoms in total. The smallest absolute Gasteiger partial charge is 0.227 e. The van der Waals surface area contributed by atoms with E-state index in [-0.39, 0.29) is 5.91 Å². The molecule has 1 aliphatic rings. The molecule has 0 bridgehead atoms. The summed E-state index contributed by atoms with van der Waals surface area (Å²) in [5.74, 6) is 0.917. The quantitative estimate of drug-likeness (QED) is 0.786. The van der Waals surface area contributed by atoms with Crippen LogP contribution < -0.4 is 4.74 Å². The van der Waals surface area contributed by atoms with Crippen LogP contribution in [0.2, 0.25) is 0 Å². The van der Waals surface area contributed by atoms with E-state index in [9.17, 15) is 4.79 Å². The molecule has 3 aromatic rings. The molecule has 2 heterocycles. The molecule has 0 unspecified atom stereocenters. The predicted octanol–water partition coefficient (Wildman–Crippen LogP) is 3.48. The van der Waals surface area contributed by atoms with Crippen molar-refractivity contribution < 1.29 is 9.53 Å². The Morgan fingerprint density at radius 1 is 1.12 bits per heavy atom. The van der Waals surface area contributed by atoms with Crippen LogP contribution >= 0.6 is 0 Å². The monoisotopic (exact) mass is 347 g/mol. The molecule has 4 rings (SSSR count).